The smallest absolute Gasteiger partial charge is 0.166 e. The molecule has 8 heteroatoms. The summed E-state index contributed by atoms with van der Waals surface area (Å²) in [5.41, 5.74) is 3.16. The molecule has 1 aromatic carbocycles. The lowest BCUT2D eigenvalue weighted by Gasteiger charge is -2.37. The molecule has 0 unspecified atom stereocenters. The number of piperazine rings is 1. The molecular formula is C22H25FN6O. The number of nitrogens with one attached hydrogen (secondary N) is 2. The predicted molar refractivity (Wildman–Crippen MR) is 118 cm³/mol. The summed E-state index contributed by atoms with van der Waals surface area (Å²) < 4.78 is 15.9. The number of halogens is 1. The van der Waals surface area contributed by atoms with Crippen LogP contribution in [0.1, 0.15) is 13.8 Å². The van der Waals surface area contributed by atoms with Crippen LogP contribution in [0.15, 0.2) is 36.4 Å². The van der Waals surface area contributed by atoms with E-state index in [1.54, 1.807) is 6.07 Å². The van der Waals surface area contributed by atoms with Gasteiger partial charge in [0.2, 0.25) is 0 Å². The van der Waals surface area contributed by atoms with Gasteiger partial charge in [0.25, 0.3) is 0 Å². The van der Waals surface area contributed by atoms with Crippen LogP contribution in [0.2, 0.25) is 0 Å². The van der Waals surface area contributed by atoms with Crippen LogP contribution in [0.4, 0.5) is 16.0 Å². The number of hydrogen-bond donors (Lipinski definition) is 3. The van der Waals surface area contributed by atoms with Gasteiger partial charge in [0.1, 0.15) is 17.2 Å². The minimum Gasteiger partial charge on any atom is -0.395 e. The first-order valence-electron chi connectivity index (χ1n) is 10.3. The fraction of sp³-hybridized carbons (Fsp3) is 0.364. The molecule has 3 aromatic heterocycles. The van der Waals surface area contributed by atoms with Crippen molar-refractivity contribution >= 4 is 39.2 Å². The molecule has 1 aliphatic rings. The molecule has 0 spiro atoms. The fourth-order valence-corrected chi connectivity index (χ4v) is 4.44. The molecule has 0 bridgehead atoms. The van der Waals surface area contributed by atoms with Gasteiger partial charge >= 0.3 is 0 Å². The second-order valence-corrected chi connectivity index (χ2v) is 8.06. The van der Waals surface area contributed by atoms with Gasteiger partial charge in [-0.05, 0) is 50.2 Å². The van der Waals surface area contributed by atoms with E-state index in [-0.39, 0.29) is 12.4 Å². The van der Waals surface area contributed by atoms with Crippen molar-refractivity contribution in [2.45, 2.75) is 25.9 Å². The Bertz CT molecular complexity index is 1230. The third-order valence-corrected chi connectivity index (χ3v) is 5.58. The van der Waals surface area contributed by atoms with E-state index in [1.807, 2.05) is 22.6 Å². The summed E-state index contributed by atoms with van der Waals surface area (Å²) in [5, 5.41) is 16.7. The van der Waals surface area contributed by atoms with Crippen molar-refractivity contribution in [3.8, 4) is 0 Å². The lowest BCUT2D eigenvalue weighted by molar-refractivity contribution is 0.311. The number of hydrogen-bond acceptors (Lipinski definition) is 6. The lowest BCUT2D eigenvalue weighted by Crippen LogP contribution is -2.54. The molecular weight excluding hydrogens is 383 g/mol. The third kappa shape index (κ3) is 3.22. The Kier molecular flexibility index (Phi) is 4.67. The van der Waals surface area contributed by atoms with Gasteiger partial charge in [-0.25, -0.2) is 14.4 Å². The number of nitrogens with zero attached hydrogens (tertiary/aromatic N) is 4. The highest BCUT2D eigenvalue weighted by Gasteiger charge is 2.23. The fourth-order valence-electron chi connectivity index (χ4n) is 4.44. The largest absolute Gasteiger partial charge is 0.395 e. The van der Waals surface area contributed by atoms with Crippen LogP contribution in [0, 0.1) is 5.82 Å². The second-order valence-electron chi connectivity index (χ2n) is 8.06. The SMILES string of the molecule is C[C@@H]1CN(c2ccc3nc(NCCO)c4cc5cc(F)ccc5n4c3n2)C[C@H](C)N1. The van der Waals surface area contributed by atoms with Crippen molar-refractivity contribution < 1.29 is 9.50 Å². The van der Waals surface area contributed by atoms with Crippen molar-refractivity contribution in [3.63, 3.8) is 0 Å². The Labute approximate surface area is 173 Å². The van der Waals surface area contributed by atoms with E-state index in [1.165, 1.54) is 12.1 Å². The molecule has 0 aliphatic carbocycles. The summed E-state index contributed by atoms with van der Waals surface area (Å²) in [4.78, 5) is 12.0. The quantitative estimate of drug-likeness (QED) is 0.482. The molecule has 0 radical (unpaired) electrons. The molecule has 2 atom stereocenters. The normalized spacial score (nSPS) is 19.8. The van der Waals surface area contributed by atoms with Gasteiger partial charge in [-0.15, -0.1) is 0 Å². The van der Waals surface area contributed by atoms with Gasteiger partial charge in [0.05, 0.1) is 17.6 Å². The molecule has 1 saturated heterocycles. The summed E-state index contributed by atoms with van der Waals surface area (Å²) in [7, 11) is 0. The van der Waals surface area contributed by atoms with E-state index in [4.69, 9.17) is 9.97 Å². The maximum Gasteiger partial charge on any atom is 0.166 e. The zero-order valence-electron chi connectivity index (χ0n) is 17.1. The first-order valence-corrected chi connectivity index (χ1v) is 10.3. The van der Waals surface area contributed by atoms with Crippen molar-refractivity contribution in [3.05, 3.63) is 42.2 Å². The minimum atomic E-state index is -0.280. The maximum atomic E-state index is 13.9. The number of rotatable bonds is 4. The van der Waals surface area contributed by atoms with Crippen molar-refractivity contribution in [2.75, 3.05) is 36.5 Å². The molecule has 3 N–H and O–H groups in total. The van der Waals surface area contributed by atoms with Gasteiger partial charge in [-0.3, -0.25) is 4.40 Å². The number of benzene rings is 1. The first-order chi connectivity index (χ1) is 14.5. The maximum absolute atomic E-state index is 13.9. The van der Waals surface area contributed by atoms with E-state index in [9.17, 15) is 9.50 Å². The monoisotopic (exact) mass is 408 g/mol. The zero-order valence-corrected chi connectivity index (χ0v) is 17.1. The number of aliphatic hydroxyl groups excluding tert-OH is 1. The Hall–Kier alpha value is -2.97. The van der Waals surface area contributed by atoms with E-state index in [0.29, 0.717) is 24.4 Å². The molecule has 0 amide bonds. The Balaban J connectivity index is 1.74. The Morgan fingerprint density at radius 3 is 2.67 bits per heavy atom. The van der Waals surface area contributed by atoms with Crippen molar-refractivity contribution in [1.29, 1.82) is 0 Å². The molecule has 0 saturated carbocycles. The first kappa shape index (κ1) is 19.0. The van der Waals surface area contributed by atoms with Crippen molar-refractivity contribution in [2.24, 2.45) is 0 Å². The van der Waals surface area contributed by atoms with Gasteiger partial charge in [0.15, 0.2) is 11.5 Å². The number of aliphatic hydroxyl groups is 1. The van der Waals surface area contributed by atoms with Gasteiger partial charge in [-0.1, -0.05) is 0 Å². The van der Waals surface area contributed by atoms with Crippen LogP contribution in [0.25, 0.3) is 27.6 Å². The highest BCUT2D eigenvalue weighted by molar-refractivity contribution is 5.96. The predicted octanol–water partition coefficient (Wildman–Crippen LogP) is 2.77. The molecule has 156 valence electrons. The Morgan fingerprint density at radius 1 is 1.10 bits per heavy atom. The third-order valence-electron chi connectivity index (χ3n) is 5.58. The average Bonchev–Trinajstić information content (AvgIpc) is 3.10. The second kappa shape index (κ2) is 7.37. The standard InChI is InChI=1S/C22H25FN6O/c1-13-11-28(12-14(2)25-13)20-6-4-17-22(27-20)29-18-5-3-16(23)9-15(18)10-19(29)21(26-17)24-7-8-30/h3-6,9-10,13-14,25,30H,7-8,11-12H2,1-2H3,(H,24,26)/t13-,14+. The summed E-state index contributed by atoms with van der Waals surface area (Å²) in [5.74, 6) is 1.27. The topological polar surface area (TPSA) is 77.7 Å². The summed E-state index contributed by atoms with van der Waals surface area (Å²) in [6, 6.07) is 11.4. The number of fused-ring (bicyclic) bond motifs is 5. The van der Waals surface area contributed by atoms with E-state index in [2.05, 4.69) is 29.4 Å². The number of anilines is 2. The molecule has 5 rings (SSSR count). The summed E-state index contributed by atoms with van der Waals surface area (Å²) >= 11 is 0. The summed E-state index contributed by atoms with van der Waals surface area (Å²) in [6.45, 7) is 6.50. The highest BCUT2D eigenvalue weighted by Crippen LogP contribution is 2.30. The average molecular weight is 408 g/mol. The van der Waals surface area contributed by atoms with Crippen LogP contribution in [-0.2, 0) is 0 Å². The van der Waals surface area contributed by atoms with E-state index in [0.717, 1.165) is 46.5 Å². The number of aromatic nitrogens is 3. The molecule has 1 aliphatic heterocycles. The van der Waals surface area contributed by atoms with Crippen LogP contribution >= 0.6 is 0 Å². The van der Waals surface area contributed by atoms with Gasteiger partial charge in [0, 0.05) is 37.1 Å². The van der Waals surface area contributed by atoms with Crippen LogP contribution < -0.4 is 15.5 Å². The molecule has 4 aromatic rings. The minimum absolute atomic E-state index is 0.00269. The number of pyridine rings is 1. The van der Waals surface area contributed by atoms with Crippen LogP contribution in [0.3, 0.4) is 0 Å². The molecule has 7 nitrogen and oxygen atoms in total. The Morgan fingerprint density at radius 2 is 1.90 bits per heavy atom. The van der Waals surface area contributed by atoms with E-state index < -0.39 is 0 Å². The molecule has 30 heavy (non-hydrogen) atoms. The summed E-state index contributed by atoms with van der Waals surface area (Å²) in [6.07, 6.45) is 0. The lowest BCUT2D eigenvalue weighted by atomic mass is 10.1. The molecule has 1 fully saturated rings. The van der Waals surface area contributed by atoms with Gasteiger partial charge < -0.3 is 20.6 Å². The van der Waals surface area contributed by atoms with Crippen LogP contribution in [-0.4, -0.2) is 57.8 Å². The van der Waals surface area contributed by atoms with Crippen molar-refractivity contribution in [1.82, 2.24) is 19.7 Å². The highest BCUT2D eigenvalue weighted by atomic mass is 19.1. The zero-order chi connectivity index (χ0) is 20.8. The van der Waals surface area contributed by atoms with Gasteiger partial charge in [-0.2, -0.15) is 0 Å². The van der Waals surface area contributed by atoms with Crippen LogP contribution in [0.5, 0.6) is 0 Å². The van der Waals surface area contributed by atoms with E-state index >= 15 is 0 Å². The molecule has 4 heterocycles.